The second-order valence-electron chi connectivity index (χ2n) is 3.07. The summed E-state index contributed by atoms with van der Waals surface area (Å²) in [5.41, 5.74) is 0.627. The summed E-state index contributed by atoms with van der Waals surface area (Å²) in [7, 11) is -10.7. The van der Waals surface area contributed by atoms with Crippen molar-refractivity contribution < 1.29 is 34.7 Å². The van der Waals surface area contributed by atoms with E-state index in [2.05, 4.69) is 16.9 Å². The number of pyridine rings is 1. The third-order valence-corrected chi connectivity index (χ3v) is 1.41. The molecule has 0 atom stereocenters. The zero-order chi connectivity index (χ0) is 14.3. The summed E-state index contributed by atoms with van der Waals surface area (Å²) in [6.45, 7) is 3.51. The number of aromatic nitrogens is 1. The van der Waals surface area contributed by atoms with Crippen LogP contribution in [0.3, 0.4) is 0 Å². The quantitative estimate of drug-likeness (QED) is 0.309. The van der Waals surface area contributed by atoms with Crippen molar-refractivity contribution in [3.05, 3.63) is 23.5 Å². The van der Waals surface area contributed by atoms with Crippen LogP contribution in [0.15, 0.2) is 23.6 Å². The molecule has 0 unspecified atom stereocenters. The monoisotopic (exact) mass is 294 g/mol. The van der Waals surface area contributed by atoms with E-state index in [-0.39, 0.29) is 0 Å². The van der Waals surface area contributed by atoms with Crippen LogP contribution >= 0.6 is 7.81 Å². The van der Waals surface area contributed by atoms with E-state index in [1.54, 1.807) is 18.3 Å². The molecular formula is C6H5F6N4OP. The maximum atomic E-state index is 10.9. The van der Waals surface area contributed by atoms with Crippen molar-refractivity contribution in [2.45, 2.75) is 0 Å². The molecule has 12 heteroatoms. The van der Waals surface area contributed by atoms with Gasteiger partial charge in [-0.1, -0.05) is 0 Å². The number of nitrogens with zero attached hydrogens (tertiary/aromatic N) is 4. The fourth-order valence-corrected chi connectivity index (χ4v) is 0.926. The first-order chi connectivity index (χ1) is 7.74. The standard InChI is InChI=1S/C6H5N4O.F6P/c1-9-5-3-2-4-7-6(5)10(11)8-9;1-7(2,3,4,5)6/h2-4H,1H2;/q+1;-1. The van der Waals surface area contributed by atoms with Crippen LogP contribution in [-0.2, 0) is 0 Å². The van der Waals surface area contributed by atoms with Gasteiger partial charge in [-0.3, -0.25) is 0 Å². The molecule has 0 amide bonds. The summed E-state index contributed by atoms with van der Waals surface area (Å²) >= 11 is 0. The predicted octanol–water partition coefficient (Wildman–Crippen LogP) is 4.33. The number of fused-ring (bicyclic) bond motifs is 1. The van der Waals surface area contributed by atoms with Crippen molar-refractivity contribution in [3.8, 4) is 0 Å². The average molecular weight is 294 g/mol. The van der Waals surface area contributed by atoms with Crippen LogP contribution in [0.4, 0.5) is 36.7 Å². The van der Waals surface area contributed by atoms with Gasteiger partial charge in [-0.15, -0.1) is 0 Å². The molecule has 102 valence electrons. The normalized spacial score (nSPS) is 17.9. The minimum absolute atomic E-state index is 0.294. The number of rotatable bonds is 0. The molecule has 0 radical (unpaired) electrons. The Hall–Kier alpha value is -1.77. The van der Waals surface area contributed by atoms with E-state index in [0.717, 1.165) is 0 Å². The van der Waals surface area contributed by atoms with Gasteiger partial charge in [0.05, 0.1) is 0 Å². The van der Waals surface area contributed by atoms with E-state index in [0.29, 0.717) is 16.4 Å². The first-order valence-electron chi connectivity index (χ1n) is 4.05. The van der Waals surface area contributed by atoms with Gasteiger partial charge in [-0.2, -0.15) is 4.98 Å². The van der Waals surface area contributed by atoms with E-state index in [1.165, 1.54) is 4.68 Å². The molecule has 0 aliphatic carbocycles. The Labute approximate surface area is 95.5 Å². The minimum atomic E-state index is -10.7. The van der Waals surface area contributed by atoms with Crippen LogP contribution < -0.4 is 0 Å². The van der Waals surface area contributed by atoms with Gasteiger partial charge in [0.25, 0.3) is 5.22 Å². The van der Waals surface area contributed by atoms with Gasteiger partial charge in [0.1, 0.15) is 0 Å². The molecule has 0 bridgehead atoms. The van der Waals surface area contributed by atoms with Gasteiger partial charge in [0, 0.05) is 21.8 Å². The van der Waals surface area contributed by atoms with Gasteiger partial charge in [-0.25, -0.2) is 0 Å². The fraction of sp³-hybridized carbons (Fsp3) is 0. The number of halogens is 6. The van der Waals surface area contributed by atoms with E-state index in [9.17, 15) is 30.4 Å². The molecule has 1 aromatic rings. The Morgan fingerprint density at radius 3 is 2.11 bits per heavy atom. The third-order valence-electron chi connectivity index (χ3n) is 1.41. The van der Waals surface area contributed by atoms with Crippen molar-refractivity contribution in [1.82, 2.24) is 4.98 Å². The molecular weight excluding hydrogens is 289 g/mol. The SMILES string of the molecule is C=[N+]1N=[N+]([O-])c2ncccc21.F[P-](F)(F)(F)(F)F. The third kappa shape index (κ3) is 5.53. The van der Waals surface area contributed by atoms with E-state index < -0.39 is 7.81 Å². The Kier molecular flexibility index (Phi) is 2.68. The first kappa shape index (κ1) is 14.3. The molecule has 0 saturated heterocycles. The number of hydrogen-bond acceptors (Lipinski definition) is 3. The molecule has 0 aromatic carbocycles. The predicted molar refractivity (Wildman–Crippen MR) is 50.6 cm³/mol. The molecule has 18 heavy (non-hydrogen) atoms. The zero-order valence-corrected chi connectivity index (χ0v) is 9.25. The van der Waals surface area contributed by atoms with Crippen molar-refractivity contribution in [3.63, 3.8) is 0 Å². The van der Waals surface area contributed by atoms with Crippen LogP contribution in [-0.4, -0.2) is 21.2 Å². The van der Waals surface area contributed by atoms with Crippen LogP contribution in [0.25, 0.3) is 0 Å². The van der Waals surface area contributed by atoms with Gasteiger partial charge >= 0.3 is 44.5 Å². The Morgan fingerprint density at radius 1 is 1.17 bits per heavy atom. The van der Waals surface area contributed by atoms with Crippen LogP contribution in [0.2, 0.25) is 0 Å². The molecule has 1 aromatic heterocycles. The average Bonchev–Trinajstić information content (AvgIpc) is 2.39. The summed E-state index contributed by atoms with van der Waals surface area (Å²) in [4.78, 5) is 4.28. The molecule has 2 heterocycles. The molecule has 1 aliphatic rings. The van der Waals surface area contributed by atoms with Gasteiger partial charge in [0.2, 0.25) is 0 Å². The topological polar surface area (TPSA) is 54.3 Å². The summed E-state index contributed by atoms with van der Waals surface area (Å²) in [5.74, 6) is 0.294. The molecule has 2 rings (SSSR count). The molecule has 1 aliphatic heterocycles. The Morgan fingerprint density at radius 2 is 1.67 bits per heavy atom. The first-order valence-corrected chi connectivity index (χ1v) is 6.08. The van der Waals surface area contributed by atoms with Crippen molar-refractivity contribution in [1.29, 1.82) is 0 Å². The van der Waals surface area contributed by atoms with Crippen LogP contribution in [0.5, 0.6) is 0 Å². The molecule has 0 saturated carbocycles. The molecule has 5 nitrogen and oxygen atoms in total. The van der Waals surface area contributed by atoms with Gasteiger partial charge in [0.15, 0.2) is 6.72 Å². The van der Waals surface area contributed by atoms with Crippen molar-refractivity contribution in [2.24, 2.45) is 5.22 Å². The van der Waals surface area contributed by atoms with Gasteiger partial charge in [-0.05, 0) is 6.07 Å². The number of hydrogen-bond donors (Lipinski definition) is 0. The summed E-state index contributed by atoms with van der Waals surface area (Å²) in [6, 6.07) is 3.46. The molecule has 0 fully saturated rings. The second kappa shape index (κ2) is 3.37. The van der Waals surface area contributed by atoms with Crippen molar-refractivity contribution in [2.75, 3.05) is 0 Å². The zero-order valence-electron chi connectivity index (χ0n) is 8.35. The summed E-state index contributed by atoms with van der Waals surface area (Å²) in [5, 5.41) is 14.4. The fourth-order valence-electron chi connectivity index (χ4n) is 0.926. The van der Waals surface area contributed by atoms with E-state index in [4.69, 9.17) is 0 Å². The van der Waals surface area contributed by atoms with E-state index in [1.807, 2.05) is 0 Å². The molecule has 0 N–H and O–H groups in total. The second-order valence-corrected chi connectivity index (χ2v) is 4.98. The van der Waals surface area contributed by atoms with Crippen molar-refractivity contribution >= 4 is 26.0 Å². The Bertz CT molecular complexity index is 526. The van der Waals surface area contributed by atoms with Crippen LogP contribution in [0, 0.1) is 5.21 Å². The summed E-state index contributed by atoms with van der Waals surface area (Å²) < 4.78 is 60.4. The van der Waals surface area contributed by atoms with Crippen LogP contribution in [0.1, 0.15) is 0 Å². The Balaban J connectivity index is 0.000000203. The van der Waals surface area contributed by atoms with E-state index >= 15 is 0 Å². The van der Waals surface area contributed by atoms with Gasteiger partial charge < -0.3 is 5.21 Å². The molecule has 0 spiro atoms. The maximum absolute atomic E-state index is 10.9. The summed E-state index contributed by atoms with van der Waals surface area (Å²) in [6.07, 6.45) is 1.54.